The zero-order valence-corrected chi connectivity index (χ0v) is 11.1. The number of imide groups is 1. The van der Waals surface area contributed by atoms with E-state index >= 15 is 0 Å². The van der Waals surface area contributed by atoms with Crippen molar-refractivity contribution < 1.29 is 18.8 Å². The van der Waals surface area contributed by atoms with Crippen LogP contribution in [0.4, 0.5) is 9.18 Å². The predicted octanol–water partition coefficient (Wildman–Crippen LogP) is 0.0349. The number of aromatic nitrogens is 1. The molecule has 7 nitrogen and oxygen atoms in total. The third kappa shape index (κ3) is 2.32. The van der Waals surface area contributed by atoms with Crippen molar-refractivity contribution in [2.24, 2.45) is 0 Å². The van der Waals surface area contributed by atoms with Crippen LogP contribution in [0.15, 0.2) is 18.5 Å². The number of rotatable bonds is 1. The quantitative estimate of drug-likeness (QED) is 0.715. The number of carbonyl (C=O) groups excluding carboxylic acids is 3. The maximum atomic E-state index is 13.1. The lowest BCUT2D eigenvalue weighted by molar-refractivity contribution is -0.125. The van der Waals surface area contributed by atoms with E-state index in [-0.39, 0.29) is 17.4 Å². The summed E-state index contributed by atoms with van der Waals surface area (Å²) in [6, 6.07) is 0.623. The van der Waals surface area contributed by atoms with Gasteiger partial charge in [-0.05, 0) is 18.9 Å². The van der Waals surface area contributed by atoms with Gasteiger partial charge in [-0.15, -0.1) is 0 Å². The predicted molar refractivity (Wildman–Crippen MR) is 68.7 cm³/mol. The van der Waals surface area contributed by atoms with Crippen molar-refractivity contribution in [1.29, 1.82) is 0 Å². The van der Waals surface area contributed by atoms with Crippen LogP contribution in [0.3, 0.4) is 0 Å². The molecule has 2 aliphatic rings. The van der Waals surface area contributed by atoms with Crippen molar-refractivity contribution in [3.63, 3.8) is 0 Å². The number of carbonyl (C=O) groups is 3. The molecule has 1 aromatic heterocycles. The average Bonchev–Trinajstić information content (AvgIpc) is 2.73. The molecule has 3 rings (SSSR count). The molecule has 1 spiro atoms. The molecule has 0 aliphatic carbocycles. The van der Waals surface area contributed by atoms with Crippen molar-refractivity contribution in [3.05, 3.63) is 29.8 Å². The highest BCUT2D eigenvalue weighted by Gasteiger charge is 2.48. The number of halogens is 1. The zero-order chi connectivity index (χ0) is 15.0. The molecule has 0 atom stereocenters. The normalized spacial score (nSPS) is 20.3. The van der Waals surface area contributed by atoms with Crippen LogP contribution < -0.4 is 10.6 Å². The van der Waals surface area contributed by atoms with E-state index in [0.717, 1.165) is 12.3 Å². The lowest BCUT2D eigenvalue weighted by Gasteiger charge is -2.36. The molecular formula is C13H13FN4O3. The number of piperidine rings is 1. The minimum atomic E-state index is -0.923. The SMILES string of the molecule is O=C1NC(=O)C2(CCN(C(=O)c3cncc(F)c3)CC2)N1. The maximum absolute atomic E-state index is 13.1. The Morgan fingerprint density at radius 3 is 2.57 bits per heavy atom. The molecule has 1 aromatic rings. The number of hydrogen-bond donors (Lipinski definition) is 2. The van der Waals surface area contributed by atoms with Gasteiger partial charge in [-0.25, -0.2) is 9.18 Å². The molecule has 21 heavy (non-hydrogen) atoms. The van der Waals surface area contributed by atoms with E-state index < -0.39 is 17.4 Å². The Morgan fingerprint density at radius 1 is 1.29 bits per heavy atom. The van der Waals surface area contributed by atoms with Gasteiger partial charge in [0.2, 0.25) is 0 Å². The van der Waals surface area contributed by atoms with Gasteiger partial charge in [0, 0.05) is 19.3 Å². The Labute approximate surface area is 119 Å². The third-order valence-corrected chi connectivity index (χ3v) is 3.87. The summed E-state index contributed by atoms with van der Waals surface area (Å²) in [6.45, 7) is 0.617. The summed E-state index contributed by atoms with van der Waals surface area (Å²) in [4.78, 5) is 40.4. The van der Waals surface area contributed by atoms with Crippen LogP contribution in [-0.4, -0.2) is 46.4 Å². The van der Waals surface area contributed by atoms with Gasteiger partial charge in [0.25, 0.3) is 11.8 Å². The summed E-state index contributed by atoms with van der Waals surface area (Å²) in [6.07, 6.45) is 3.00. The van der Waals surface area contributed by atoms with Crippen LogP contribution in [0.1, 0.15) is 23.2 Å². The number of likely N-dealkylation sites (tertiary alicyclic amines) is 1. The lowest BCUT2D eigenvalue weighted by Crippen LogP contribution is -2.55. The number of pyridine rings is 1. The number of amides is 4. The molecule has 0 aromatic carbocycles. The van der Waals surface area contributed by atoms with Gasteiger partial charge < -0.3 is 10.2 Å². The molecule has 2 saturated heterocycles. The first kappa shape index (κ1) is 13.5. The Hall–Kier alpha value is -2.51. The fraction of sp³-hybridized carbons (Fsp3) is 0.385. The summed E-state index contributed by atoms with van der Waals surface area (Å²) >= 11 is 0. The second-order valence-corrected chi connectivity index (χ2v) is 5.17. The van der Waals surface area contributed by atoms with Gasteiger partial charge in [-0.1, -0.05) is 0 Å². The summed E-state index contributed by atoms with van der Waals surface area (Å²) in [5.74, 6) is -1.26. The molecular weight excluding hydrogens is 279 g/mol. The second-order valence-electron chi connectivity index (χ2n) is 5.17. The molecule has 110 valence electrons. The summed E-state index contributed by atoms with van der Waals surface area (Å²) < 4.78 is 13.1. The van der Waals surface area contributed by atoms with Crippen molar-refractivity contribution >= 4 is 17.8 Å². The van der Waals surface area contributed by atoms with Crippen LogP contribution in [-0.2, 0) is 4.79 Å². The monoisotopic (exact) mass is 292 g/mol. The topological polar surface area (TPSA) is 91.4 Å². The van der Waals surface area contributed by atoms with E-state index in [1.807, 2.05) is 0 Å². The van der Waals surface area contributed by atoms with Gasteiger partial charge in [0.1, 0.15) is 11.4 Å². The fourth-order valence-corrected chi connectivity index (χ4v) is 2.68. The molecule has 8 heteroatoms. The number of nitrogens with zero attached hydrogens (tertiary/aromatic N) is 2. The van der Waals surface area contributed by atoms with Crippen molar-refractivity contribution in [2.45, 2.75) is 18.4 Å². The average molecular weight is 292 g/mol. The van der Waals surface area contributed by atoms with E-state index in [0.29, 0.717) is 25.9 Å². The van der Waals surface area contributed by atoms with Gasteiger partial charge >= 0.3 is 6.03 Å². The molecule has 3 heterocycles. The van der Waals surface area contributed by atoms with Crippen LogP contribution in [0, 0.1) is 5.82 Å². The Bertz CT molecular complexity index is 626. The fourth-order valence-electron chi connectivity index (χ4n) is 2.68. The van der Waals surface area contributed by atoms with E-state index in [1.54, 1.807) is 0 Å². The van der Waals surface area contributed by atoms with Crippen molar-refractivity contribution in [2.75, 3.05) is 13.1 Å². The first-order valence-corrected chi connectivity index (χ1v) is 6.54. The Kier molecular flexibility index (Phi) is 3.08. The summed E-state index contributed by atoms with van der Waals surface area (Å²) in [7, 11) is 0. The van der Waals surface area contributed by atoms with Gasteiger partial charge in [-0.2, -0.15) is 0 Å². The van der Waals surface area contributed by atoms with E-state index in [9.17, 15) is 18.8 Å². The molecule has 4 amide bonds. The van der Waals surface area contributed by atoms with E-state index in [2.05, 4.69) is 15.6 Å². The highest BCUT2D eigenvalue weighted by Crippen LogP contribution is 2.26. The first-order chi connectivity index (χ1) is 10.00. The van der Waals surface area contributed by atoms with Crippen molar-refractivity contribution in [3.8, 4) is 0 Å². The second kappa shape index (κ2) is 4.80. The van der Waals surface area contributed by atoms with Crippen LogP contribution >= 0.6 is 0 Å². The highest BCUT2D eigenvalue weighted by molar-refractivity contribution is 6.07. The highest BCUT2D eigenvalue weighted by atomic mass is 19.1. The summed E-state index contributed by atoms with van der Waals surface area (Å²) in [5.41, 5.74) is -0.750. The zero-order valence-electron chi connectivity index (χ0n) is 11.1. The molecule has 0 bridgehead atoms. The van der Waals surface area contributed by atoms with Crippen LogP contribution in [0.5, 0.6) is 0 Å². The van der Waals surface area contributed by atoms with E-state index in [1.165, 1.54) is 11.1 Å². The Morgan fingerprint density at radius 2 is 2.00 bits per heavy atom. The van der Waals surface area contributed by atoms with Crippen LogP contribution in [0.25, 0.3) is 0 Å². The first-order valence-electron chi connectivity index (χ1n) is 6.54. The number of nitrogens with one attached hydrogen (secondary N) is 2. The minimum Gasteiger partial charge on any atom is -0.338 e. The van der Waals surface area contributed by atoms with E-state index in [4.69, 9.17) is 0 Å². The molecule has 0 radical (unpaired) electrons. The maximum Gasteiger partial charge on any atom is 0.322 e. The van der Waals surface area contributed by atoms with Crippen molar-refractivity contribution in [1.82, 2.24) is 20.5 Å². The molecule has 0 saturated carbocycles. The molecule has 2 aliphatic heterocycles. The molecule has 2 N–H and O–H groups in total. The van der Waals surface area contributed by atoms with Gasteiger partial charge in [0.15, 0.2) is 0 Å². The minimum absolute atomic E-state index is 0.172. The van der Waals surface area contributed by atoms with Gasteiger partial charge in [0.05, 0.1) is 11.8 Å². The lowest BCUT2D eigenvalue weighted by atomic mass is 9.87. The van der Waals surface area contributed by atoms with Gasteiger partial charge in [-0.3, -0.25) is 19.9 Å². The van der Waals surface area contributed by atoms with Crippen LogP contribution in [0.2, 0.25) is 0 Å². The largest absolute Gasteiger partial charge is 0.338 e. The third-order valence-electron chi connectivity index (χ3n) is 3.87. The number of hydrogen-bond acceptors (Lipinski definition) is 4. The number of urea groups is 1. The smallest absolute Gasteiger partial charge is 0.322 e. The summed E-state index contributed by atoms with van der Waals surface area (Å²) in [5, 5.41) is 4.83. The Balaban J connectivity index is 1.70. The molecule has 2 fully saturated rings. The molecule has 0 unspecified atom stereocenters. The standard InChI is InChI=1S/C13H13FN4O3/c14-9-5-8(6-15-7-9)10(19)18-3-1-13(2-4-18)11(20)16-12(21)17-13/h5-7H,1-4H2,(H2,16,17,20,21).